The van der Waals surface area contributed by atoms with E-state index in [9.17, 15) is 4.79 Å². The third-order valence-electron chi connectivity index (χ3n) is 2.81. The Labute approximate surface area is 121 Å². The first kappa shape index (κ1) is 13.7. The van der Waals surface area contributed by atoms with E-state index in [-0.39, 0.29) is 5.91 Å². The first-order valence-corrected chi connectivity index (χ1v) is 6.79. The van der Waals surface area contributed by atoms with Crippen molar-refractivity contribution in [1.29, 1.82) is 0 Å². The summed E-state index contributed by atoms with van der Waals surface area (Å²) in [6, 6.07) is 11.8. The Kier molecular flexibility index (Phi) is 4.32. The summed E-state index contributed by atoms with van der Waals surface area (Å²) in [5, 5.41) is 0. The quantitative estimate of drug-likeness (QED) is 0.868. The fourth-order valence-electron chi connectivity index (χ4n) is 1.88. The summed E-state index contributed by atoms with van der Waals surface area (Å²) in [7, 11) is 1.78. The lowest BCUT2D eigenvalue weighted by molar-refractivity contribution is 0.0778. The second-order valence-electron chi connectivity index (χ2n) is 4.48. The van der Waals surface area contributed by atoms with E-state index < -0.39 is 0 Å². The number of halogens is 1. The van der Waals surface area contributed by atoms with Crippen molar-refractivity contribution >= 4 is 21.8 Å². The maximum atomic E-state index is 12.3. The lowest BCUT2D eigenvalue weighted by Crippen LogP contribution is -2.27. The molecular formula is C15H15BrN2O. The molecule has 98 valence electrons. The molecule has 3 nitrogen and oxygen atoms in total. The van der Waals surface area contributed by atoms with Gasteiger partial charge in [0.2, 0.25) is 0 Å². The van der Waals surface area contributed by atoms with Gasteiger partial charge < -0.3 is 4.90 Å². The molecule has 0 aliphatic heterocycles. The Balaban J connectivity index is 2.14. The first-order valence-electron chi connectivity index (χ1n) is 5.99. The average Bonchev–Trinajstić information content (AvgIpc) is 2.38. The number of hydrogen-bond acceptors (Lipinski definition) is 2. The molecule has 1 aromatic heterocycles. The highest BCUT2D eigenvalue weighted by atomic mass is 79.9. The number of rotatable bonds is 3. The van der Waals surface area contributed by atoms with Gasteiger partial charge in [-0.1, -0.05) is 29.8 Å². The fraction of sp³-hybridized carbons (Fsp3) is 0.200. The fourth-order valence-corrected chi connectivity index (χ4v) is 2.30. The minimum atomic E-state index is -0.0889. The third-order valence-corrected chi connectivity index (χ3v) is 3.45. The van der Waals surface area contributed by atoms with Crippen molar-refractivity contribution in [3.05, 3.63) is 63.9 Å². The van der Waals surface area contributed by atoms with Crippen molar-refractivity contribution in [2.45, 2.75) is 13.5 Å². The van der Waals surface area contributed by atoms with Crippen LogP contribution in [0.15, 0.2) is 47.1 Å². The van der Waals surface area contributed by atoms with Crippen molar-refractivity contribution in [2.75, 3.05) is 7.05 Å². The number of benzene rings is 1. The molecule has 0 aliphatic carbocycles. The molecular weight excluding hydrogens is 304 g/mol. The van der Waals surface area contributed by atoms with Crippen LogP contribution in [0.4, 0.5) is 0 Å². The van der Waals surface area contributed by atoms with Gasteiger partial charge >= 0.3 is 0 Å². The van der Waals surface area contributed by atoms with E-state index in [1.807, 2.05) is 31.2 Å². The van der Waals surface area contributed by atoms with Crippen LogP contribution in [0.1, 0.15) is 21.6 Å². The van der Waals surface area contributed by atoms with E-state index in [1.54, 1.807) is 24.2 Å². The van der Waals surface area contributed by atoms with Gasteiger partial charge in [0.1, 0.15) is 5.69 Å². The highest BCUT2D eigenvalue weighted by molar-refractivity contribution is 9.10. The molecule has 19 heavy (non-hydrogen) atoms. The summed E-state index contributed by atoms with van der Waals surface area (Å²) in [6.45, 7) is 2.62. The smallest absolute Gasteiger partial charge is 0.273 e. The van der Waals surface area contributed by atoms with E-state index in [2.05, 4.69) is 27.0 Å². The summed E-state index contributed by atoms with van der Waals surface area (Å²) in [5.41, 5.74) is 2.75. The number of carbonyl (C=O) groups is 1. The Morgan fingerprint density at radius 3 is 2.79 bits per heavy atom. The standard InChI is InChI=1S/C15H15BrN2O/c1-11-5-3-6-12(9-11)10-18(2)15(19)14-13(16)7-4-8-17-14/h3-9H,10H2,1-2H3. The lowest BCUT2D eigenvalue weighted by Gasteiger charge is -2.17. The predicted octanol–water partition coefficient (Wildman–Crippen LogP) is 3.42. The maximum absolute atomic E-state index is 12.3. The molecule has 0 N–H and O–H groups in total. The van der Waals surface area contributed by atoms with Crippen molar-refractivity contribution in [3.63, 3.8) is 0 Å². The molecule has 1 aromatic carbocycles. The van der Waals surface area contributed by atoms with E-state index in [0.717, 1.165) is 10.0 Å². The zero-order valence-electron chi connectivity index (χ0n) is 10.9. The molecule has 0 saturated carbocycles. The normalized spacial score (nSPS) is 10.3. The van der Waals surface area contributed by atoms with E-state index in [4.69, 9.17) is 0 Å². The monoisotopic (exact) mass is 318 g/mol. The van der Waals surface area contributed by atoms with Gasteiger partial charge in [0.15, 0.2) is 0 Å². The number of aryl methyl sites for hydroxylation is 1. The van der Waals surface area contributed by atoms with Gasteiger partial charge in [0.05, 0.1) is 0 Å². The number of nitrogens with zero attached hydrogens (tertiary/aromatic N) is 2. The second kappa shape index (κ2) is 5.97. The van der Waals surface area contributed by atoms with Crippen LogP contribution < -0.4 is 0 Å². The number of carbonyl (C=O) groups excluding carboxylic acids is 1. The molecule has 0 unspecified atom stereocenters. The molecule has 4 heteroatoms. The largest absolute Gasteiger partial charge is 0.336 e. The van der Waals surface area contributed by atoms with Crippen molar-refractivity contribution in [1.82, 2.24) is 9.88 Å². The SMILES string of the molecule is Cc1cccc(CN(C)C(=O)c2ncccc2Br)c1. The van der Waals surface area contributed by atoms with Crippen LogP contribution >= 0.6 is 15.9 Å². The number of amides is 1. The molecule has 0 aliphatic rings. The Morgan fingerprint density at radius 1 is 1.32 bits per heavy atom. The molecule has 0 bridgehead atoms. The summed E-state index contributed by atoms with van der Waals surface area (Å²) in [5.74, 6) is -0.0889. The minimum absolute atomic E-state index is 0.0889. The van der Waals surface area contributed by atoms with Crippen LogP contribution in [0.5, 0.6) is 0 Å². The summed E-state index contributed by atoms with van der Waals surface area (Å²) in [4.78, 5) is 18.1. The predicted molar refractivity (Wildman–Crippen MR) is 78.9 cm³/mol. The molecule has 1 heterocycles. The number of aromatic nitrogens is 1. The highest BCUT2D eigenvalue weighted by Gasteiger charge is 2.16. The first-order chi connectivity index (χ1) is 9.08. The van der Waals surface area contributed by atoms with Crippen LogP contribution in [0.2, 0.25) is 0 Å². The molecule has 1 amide bonds. The molecule has 0 spiro atoms. The van der Waals surface area contributed by atoms with Crippen LogP contribution in [0.25, 0.3) is 0 Å². The number of hydrogen-bond donors (Lipinski definition) is 0. The molecule has 2 aromatic rings. The zero-order chi connectivity index (χ0) is 13.8. The van der Waals surface area contributed by atoms with Gasteiger partial charge in [0, 0.05) is 24.3 Å². The van der Waals surface area contributed by atoms with Crippen molar-refractivity contribution < 1.29 is 4.79 Å². The van der Waals surface area contributed by atoms with E-state index >= 15 is 0 Å². The lowest BCUT2D eigenvalue weighted by atomic mass is 10.1. The zero-order valence-corrected chi connectivity index (χ0v) is 12.5. The average molecular weight is 319 g/mol. The van der Waals surface area contributed by atoms with Gasteiger partial charge in [-0.2, -0.15) is 0 Å². The number of pyridine rings is 1. The molecule has 0 radical (unpaired) electrons. The summed E-state index contributed by atoms with van der Waals surface area (Å²) < 4.78 is 0.719. The highest BCUT2D eigenvalue weighted by Crippen LogP contribution is 2.16. The second-order valence-corrected chi connectivity index (χ2v) is 5.34. The van der Waals surface area contributed by atoms with E-state index in [0.29, 0.717) is 12.2 Å². The molecule has 0 fully saturated rings. The third kappa shape index (κ3) is 3.41. The van der Waals surface area contributed by atoms with Crippen LogP contribution in [-0.4, -0.2) is 22.8 Å². The maximum Gasteiger partial charge on any atom is 0.273 e. The Morgan fingerprint density at radius 2 is 2.11 bits per heavy atom. The van der Waals surface area contributed by atoms with Gasteiger partial charge in [-0.3, -0.25) is 4.79 Å². The molecule has 0 atom stereocenters. The van der Waals surface area contributed by atoms with Gasteiger partial charge in [0.25, 0.3) is 5.91 Å². The Hall–Kier alpha value is -1.68. The van der Waals surface area contributed by atoms with Crippen LogP contribution in [0.3, 0.4) is 0 Å². The van der Waals surface area contributed by atoms with Gasteiger partial charge in [-0.05, 0) is 40.5 Å². The van der Waals surface area contributed by atoms with Gasteiger partial charge in [-0.25, -0.2) is 4.98 Å². The van der Waals surface area contributed by atoms with Crippen LogP contribution in [-0.2, 0) is 6.54 Å². The topological polar surface area (TPSA) is 33.2 Å². The summed E-state index contributed by atoms with van der Waals surface area (Å²) >= 11 is 3.35. The van der Waals surface area contributed by atoms with Crippen LogP contribution in [0, 0.1) is 6.92 Å². The van der Waals surface area contributed by atoms with Crippen molar-refractivity contribution in [3.8, 4) is 0 Å². The van der Waals surface area contributed by atoms with E-state index in [1.165, 1.54) is 5.56 Å². The molecule has 2 rings (SSSR count). The minimum Gasteiger partial charge on any atom is -0.336 e. The van der Waals surface area contributed by atoms with Gasteiger partial charge in [-0.15, -0.1) is 0 Å². The Bertz CT molecular complexity index is 598. The molecule has 0 saturated heterocycles. The van der Waals surface area contributed by atoms with Crippen molar-refractivity contribution in [2.24, 2.45) is 0 Å². The summed E-state index contributed by atoms with van der Waals surface area (Å²) in [6.07, 6.45) is 1.62.